The van der Waals surface area contributed by atoms with Crippen LogP contribution >= 0.6 is 0 Å². The first-order chi connectivity index (χ1) is 8.94. The smallest absolute Gasteiger partial charge is 0.252 e. The van der Waals surface area contributed by atoms with Crippen LogP contribution in [0.3, 0.4) is 0 Å². The van der Waals surface area contributed by atoms with E-state index in [-0.39, 0.29) is 5.92 Å². The summed E-state index contributed by atoms with van der Waals surface area (Å²) in [6, 6.07) is 3.39. The predicted octanol–water partition coefficient (Wildman–Crippen LogP) is 1.17. The van der Waals surface area contributed by atoms with Crippen LogP contribution in [-0.4, -0.2) is 34.7 Å². The Kier molecular flexibility index (Phi) is 3.75. The van der Waals surface area contributed by atoms with Gasteiger partial charge in [0.25, 0.3) is 5.91 Å². The molecule has 0 bridgehead atoms. The molecule has 5 heteroatoms. The van der Waals surface area contributed by atoms with Gasteiger partial charge < -0.3 is 15.7 Å². The molecule has 0 saturated carbocycles. The highest BCUT2D eigenvalue weighted by molar-refractivity contribution is 5.97. The van der Waals surface area contributed by atoms with Crippen LogP contribution in [-0.2, 0) is 0 Å². The first-order valence-electron chi connectivity index (χ1n) is 6.66. The molecule has 2 rings (SSSR count). The number of hydrogen-bond donors (Lipinski definition) is 2. The lowest BCUT2D eigenvalue weighted by atomic mass is 9.81. The molecule has 0 aromatic carbocycles. The predicted molar refractivity (Wildman–Crippen MR) is 74.0 cm³/mol. The van der Waals surface area contributed by atoms with Crippen molar-refractivity contribution in [2.45, 2.75) is 32.3 Å². The molecule has 1 fully saturated rings. The molecule has 0 unspecified atom stereocenters. The van der Waals surface area contributed by atoms with Crippen molar-refractivity contribution in [3.05, 3.63) is 23.9 Å². The highest BCUT2D eigenvalue weighted by Gasteiger charge is 2.36. The Balaban J connectivity index is 2.16. The molecule has 104 valence electrons. The summed E-state index contributed by atoms with van der Waals surface area (Å²) in [5, 5.41) is 10.5. The minimum Gasteiger partial charge on any atom is -0.389 e. The fraction of sp³-hybridized carbons (Fsp3) is 0.571. The number of aromatic nitrogens is 1. The molecule has 1 amide bonds. The van der Waals surface area contributed by atoms with Crippen molar-refractivity contribution < 1.29 is 9.90 Å². The Hall–Kier alpha value is -1.62. The van der Waals surface area contributed by atoms with Crippen molar-refractivity contribution in [3.8, 4) is 0 Å². The van der Waals surface area contributed by atoms with Crippen LogP contribution in [0.4, 0.5) is 5.82 Å². The van der Waals surface area contributed by atoms with Gasteiger partial charge in [-0.15, -0.1) is 0 Å². The van der Waals surface area contributed by atoms with Gasteiger partial charge in [-0.3, -0.25) is 4.79 Å². The number of pyridine rings is 1. The lowest BCUT2D eigenvalue weighted by molar-refractivity contribution is -0.0263. The average Bonchev–Trinajstić information content (AvgIpc) is 2.39. The average molecular weight is 263 g/mol. The monoisotopic (exact) mass is 263 g/mol. The van der Waals surface area contributed by atoms with Crippen LogP contribution in [0.25, 0.3) is 0 Å². The van der Waals surface area contributed by atoms with Crippen LogP contribution < -0.4 is 10.6 Å². The van der Waals surface area contributed by atoms with Crippen LogP contribution in [0.15, 0.2) is 18.3 Å². The number of carbonyl (C=O) groups is 1. The van der Waals surface area contributed by atoms with Crippen LogP contribution in [0.5, 0.6) is 0 Å². The zero-order chi connectivity index (χ0) is 14.0. The number of nitrogens with zero attached hydrogens (tertiary/aromatic N) is 2. The number of rotatable bonds is 3. The van der Waals surface area contributed by atoms with Gasteiger partial charge in [-0.2, -0.15) is 0 Å². The number of aliphatic hydroxyl groups is 1. The van der Waals surface area contributed by atoms with Gasteiger partial charge in [0, 0.05) is 19.3 Å². The minimum absolute atomic E-state index is 0.231. The summed E-state index contributed by atoms with van der Waals surface area (Å²) < 4.78 is 0. The molecule has 1 aliphatic rings. The van der Waals surface area contributed by atoms with Crippen molar-refractivity contribution in [1.82, 2.24) is 4.98 Å². The number of amides is 1. The van der Waals surface area contributed by atoms with Gasteiger partial charge in [-0.1, -0.05) is 13.8 Å². The Morgan fingerprint density at radius 2 is 2.11 bits per heavy atom. The standard InChI is InChI=1S/C14H21N3O2/c1-10(2)14(19)5-8-17(9-6-14)13-11(12(15)18)4-3-7-16-13/h3-4,7,10,19H,5-6,8-9H2,1-2H3,(H2,15,18). The third-order valence-electron chi connectivity index (χ3n) is 4.06. The number of nitrogens with two attached hydrogens (primary N) is 1. The second-order valence-electron chi connectivity index (χ2n) is 5.48. The Bertz CT molecular complexity index is 466. The van der Waals surface area contributed by atoms with E-state index in [4.69, 9.17) is 5.73 Å². The molecule has 0 radical (unpaired) electrons. The van der Waals surface area contributed by atoms with E-state index in [1.807, 2.05) is 18.7 Å². The van der Waals surface area contributed by atoms with E-state index in [0.717, 1.165) is 0 Å². The summed E-state index contributed by atoms with van der Waals surface area (Å²) in [7, 11) is 0. The summed E-state index contributed by atoms with van der Waals surface area (Å²) in [6.07, 6.45) is 3.02. The molecule has 1 saturated heterocycles. The van der Waals surface area contributed by atoms with Gasteiger partial charge in [0.05, 0.1) is 11.2 Å². The van der Waals surface area contributed by atoms with Crippen molar-refractivity contribution in [3.63, 3.8) is 0 Å². The highest BCUT2D eigenvalue weighted by atomic mass is 16.3. The summed E-state index contributed by atoms with van der Waals surface area (Å²) in [5.41, 5.74) is 5.20. The number of piperidine rings is 1. The largest absolute Gasteiger partial charge is 0.389 e. The number of carbonyl (C=O) groups excluding carboxylic acids is 1. The summed E-state index contributed by atoms with van der Waals surface area (Å²) in [4.78, 5) is 17.7. The molecule has 19 heavy (non-hydrogen) atoms. The van der Waals surface area contributed by atoms with Crippen molar-refractivity contribution in [2.24, 2.45) is 11.7 Å². The SMILES string of the molecule is CC(C)C1(O)CCN(c2ncccc2C(N)=O)CC1. The normalized spacial score (nSPS) is 18.6. The Morgan fingerprint density at radius 1 is 1.47 bits per heavy atom. The maximum Gasteiger partial charge on any atom is 0.252 e. The van der Waals surface area contributed by atoms with Gasteiger partial charge in [0.1, 0.15) is 5.82 Å². The molecule has 2 heterocycles. The highest BCUT2D eigenvalue weighted by Crippen LogP contribution is 2.31. The molecule has 0 spiro atoms. The van der Waals surface area contributed by atoms with E-state index in [1.54, 1.807) is 18.3 Å². The molecule has 1 aromatic heterocycles. The molecule has 5 nitrogen and oxygen atoms in total. The van der Waals surface area contributed by atoms with E-state index in [1.165, 1.54) is 0 Å². The molecular weight excluding hydrogens is 242 g/mol. The van der Waals surface area contributed by atoms with Crippen molar-refractivity contribution in [2.75, 3.05) is 18.0 Å². The maximum absolute atomic E-state index is 11.4. The number of hydrogen-bond acceptors (Lipinski definition) is 4. The van der Waals surface area contributed by atoms with Crippen molar-refractivity contribution >= 4 is 11.7 Å². The van der Waals surface area contributed by atoms with Crippen LogP contribution in [0.2, 0.25) is 0 Å². The van der Waals surface area contributed by atoms with Gasteiger partial charge in [0.2, 0.25) is 0 Å². The third-order valence-corrected chi connectivity index (χ3v) is 4.06. The molecular formula is C14H21N3O2. The summed E-state index contributed by atoms with van der Waals surface area (Å²) >= 11 is 0. The van der Waals surface area contributed by atoms with E-state index in [9.17, 15) is 9.90 Å². The Morgan fingerprint density at radius 3 is 2.63 bits per heavy atom. The molecule has 3 N–H and O–H groups in total. The van der Waals surface area contributed by atoms with Gasteiger partial charge in [-0.05, 0) is 30.9 Å². The van der Waals surface area contributed by atoms with Crippen LogP contribution in [0, 0.1) is 5.92 Å². The zero-order valence-corrected chi connectivity index (χ0v) is 11.5. The van der Waals surface area contributed by atoms with Gasteiger partial charge in [0.15, 0.2) is 0 Å². The summed E-state index contributed by atoms with van der Waals surface area (Å²) in [6.45, 7) is 5.44. The molecule has 0 atom stereocenters. The van der Waals surface area contributed by atoms with E-state index in [0.29, 0.717) is 37.3 Å². The van der Waals surface area contributed by atoms with Gasteiger partial charge >= 0.3 is 0 Å². The second-order valence-corrected chi connectivity index (χ2v) is 5.48. The van der Waals surface area contributed by atoms with E-state index >= 15 is 0 Å². The minimum atomic E-state index is -0.613. The lowest BCUT2D eigenvalue weighted by Crippen LogP contribution is -2.48. The fourth-order valence-electron chi connectivity index (χ4n) is 2.52. The summed E-state index contributed by atoms with van der Waals surface area (Å²) in [5.74, 6) is 0.391. The van der Waals surface area contributed by atoms with E-state index in [2.05, 4.69) is 4.98 Å². The second kappa shape index (κ2) is 5.17. The quantitative estimate of drug-likeness (QED) is 0.858. The topological polar surface area (TPSA) is 79.4 Å². The number of primary amides is 1. The molecule has 0 aliphatic carbocycles. The van der Waals surface area contributed by atoms with Gasteiger partial charge in [-0.25, -0.2) is 4.98 Å². The number of anilines is 1. The lowest BCUT2D eigenvalue weighted by Gasteiger charge is -2.41. The van der Waals surface area contributed by atoms with Crippen LogP contribution in [0.1, 0.15) is 37.0 Å². The maximum atomic E-state index is 11.4. The fourth-order valence-corrected chi connectivity index (χ4v) is 2.52. The first kappa shape index (κ1) is 13.8. The molecule has 1 aliphatic heterocycles. The molecule has 1 aromatic rings. The first-order valence-corrected chi connectivity index (χ1v) is 6.66. The Labute approximate surface area is 113 Å². The van der Waals surface area contributed by atoms with E-state index < -0.39 is 11.5 Å². The van der Waals surface area contributed by atoms with Crippen molar-refractivity contribution in [1.29, 1.82) is 0 Å². The zero-order valence-electron chi connectivity index (χ0n) is 11.5. The third kappa shape index (κ3) is 2.71.